The van der Waals surface area contributed by atoms with E-state index in [2.05, 4.69) is 38.1 Å². The number of aryl methyl sites for hydroxylation is 1. The smallest absolute Gasteiger partial charge is 0.119 e. The average molecular weight is 829 g/mol. The second-order valence-electron chi connectivity index (χ2n) is 14.7. The van der Waals surface area contributed by atoms with Gasteiger partial charge in [0.25, 0.3) is 0 Å². The van der Waals surface area contributed by atoms with Gasteiger partial charge in [-0.1, -0.05) is 122 Å². The predicted molar refractivity (Wildman–Crippen MR) is 234 cm³/mol. The van der Waals surface area contributed by atoms with E-state index in [1.807, 2.05) is 0 Å². The van der Waals surface area contributed by atoms with Crippen molar-refractivity contribution in [3.8, 4) is 5.75 Å². The minimum atomic E-state index is 0.521. The van der Waals surface area contributed by atoms with E-state index >= 15 is 0 Å². The van der Waals surface area contributed by atoms with Crippen LogP contribution in [0.15, 0.2) is 24.3 Å². The quantitative estimate of drug-likeness (QED) is 0.0588. The van der Waals surface area contributed by atoms with Gasteiger partial charge < -0.3 is 52.1 Å². The summed E-state index contributed by atoms with van der Waals surface area (Å²) in [6, 6.07) is 8.45. The molecule has 1 rings (SSSR count). The Hall–Kier alpha value is -1.38. The molecule has 1 aromatic carbocycles. The zero-order chi connectivity index (χ0) is 41.3. The van der Waals surface area contributed by atoms with Crippen LogP contribution in [0.4, 0.5) is 0 Å². The second kappa shape index (κ2) is 48.3. The van der Waals surface area contributed by atoms with Gasteiger partial charge in [0, 0.05) is 6.61 Å². The molecule has 58 heavy (non-hydrogen) atoms. The summed E-state index contributed by atoms with van der Waals surface area (Å²) >= 11 is 0. The van der Waals surface area contributed by atoms with E-state index in [0.29, 0.717) is 132 Å². The molecule has 0 aliphatic carbocycles. The van der Waals surface area contributed by atoms with E-state index < -0.39 is 0 Å². The highest BCUT2D eigenvalue weighted by atomic mass is 16.6. The average Bonchev–Trinajstić information content (AvgIpc) is 3.24. The molecule has 0 unspecified atom stereocenters. The molecular weight excluding hydrogens is 741 g/mol. The first kappa shape index (κ1) is 54.6. The predicted octanol–water partition coefficient (Wildman–Crippen LogP) is 9.45. The fourth-order valence-electron chi connectivity index (χ4n) is 6.03. The highest BCUT2D eigenvalue weighted by Gasteiger charge is 2.00. The molecule has 0 radical (unpaired) electrons. The van der Waals surface area contributed by atoms with Gasteiger partial charge in [0.1, 0.15) is 12.4 Å². The van der Waals surface area contributed by atoms with Crippen molar-refractivity contribution in [1.29, 1.82) is 0 Å². The summed E-state index contributed by atoms with van der Waals surface area (Å²) in [6.45, 7) is 16.2. The minimum absolute atomic E-state index is 0.521. The summed E-state index contributed by atoms with van der Waals surface area (Å²) in [5.74, 6) is 0.889. The van der Waals surface area contributed by atoms with Crippen molar-refractivity contribution >= 4 is 0 Å². The van der Waals surface area contributed by atoms with E-state index in [1.165, 1.54) is 108 Å². The van der Waals surface area contributed by atoms with Crippen molar-refractivity contribution in [2.45, 2.75) is 129 Å². The number of unbranched alkanes of at least 4 members (excludes halogenated alkanes) is 15. The Morgan fingerprint density at radius 3 is 0.845 bits per heavy atom. The Morgan fingerprint density at radius 1 is 0.259 bits per heavy atom. The van der Waals surface area contributed by atoms with Gasteiger partial charge in [0.2, 0.25) is 0 Å². The summed E-state index contributed by atoms with van der Waals surface area (Å²) in [7, 11) is 0. The molecule has 1 aromatic rings. The van der Waals surface area contributed by atoms with Gasteiger partial charge in [-0.05, 0) is 37.0 Å². The van der Waals surface area contributed by atoms with Crippen molar-refractivity contribution < 1.29 is 52.1 Å². The van der Waals surface area contributed by atoms with E-state index in [0.717, 1.165) is 25.2 Å². The molecule has 0 bridgehead atoms. The fraction of sp³-hybridized carbons (Fsp3) is 0.872. The van der Waals surface area contributed by atoms with Gasteiger partial charge in [-0.15, -0.1) is 0 Å². The molecule has 0 aliphatic rings. The maximum atomic E-state index is 5.79. The lowest BCUT2D eigenvalue weighted by Gasteiger charge is -2.09. The molecule has 0 spiro atoms. The molecule has 0 atom stereocenters. The van der Waals surface area contributed by atoms with Crippen molar-refractivity contribution in [3.63, 3.8) is 0 Å². The van der Waals surface area contributed by atoms with Gasteiger partial charge in [-0.3, -0.25) is 0 Å². The lowest BCUT2D eigenvalue weighted by atomic mass is 10.0. The molecule has 0 aromatic heterocycles. The largest absolute Gasteiger partial charge is 0.491 e. The van der Waals surface area contributed by atoms with E-state index in [-0.39, 0.29) is 0 Å². The van der Waals surface area contributed by atoms with Crippen LogP contribution in [0.2, 0.25) is 0 Å². The first-order valence-electron chi connectivity index (χ1n) is 23.4. The number of rotatable bonds is 50. The molecule has 0 N–H and O–H groups in total. The summed E-state index contributed by atoms with van der Waals surface area (Å²) in [5, 5.41) is 0. The molecule has 0 saturated carbocycles. The zero-order valence-electron chi connectivity index (χ0n) is 37.4. The molecule has 0 fully saturated rings. The summed E-state index contributed by atoms with van der Waals surface area (Å²) in [6.07, 6.45) is 24.0. The van der Waals surface area contributed by atoms with E-state index in [4.69, 9.17) is 52.1 Å². The number of ether oxygens (including phenoxy) is 11. The van der Waals surface area contributed by atoms with Gasteiger partial charge >= 0.3 is 0 Å². The third kappa shape index (κ3) is 42.7. The molecule has 11 nitrogen and oxygen atoms in total. The van der Waals surface area contributed by atoms with Crippen LogP contribution in [0.25, 0.3) is 0 Å². The van der Waals surface area contributed by atoms with Crippen LogP contribution in [0.3, 0.4) is 0 Å². The van der Waals surface area contributed by atoms with E-state index in [1.54, 1.807) is 0 Å². The topological polar surface area (TPSA) is 102 Å². The van der Waals surface area contributed by atoms with Crippen LogP contribution in [-0.2, 0) is 53.8 Å². The lowest BCUT2D eigenvalue weighted by Crippen LogP contribution is -2.15. The fourth-order valence-corrected chi connectivity index (χ4v) is 6.03. The summed E-state index contributed by atoms with van der Waals surface area (Å²) < 4.78 is 61.4. The SMILES string of the molecule is CCCCCCCCCCCCCOCCOCCOCCOCCOCCOCCOCCOCCOCCOCCOc1ccc(CCCCCCCC)cc1. The van der Waals surface area contributed by atoms with Crippen molar-refractivity contribution in [2.24, 2.45) is 0 Å². The first-order valence-corrected chi connectivity index (χ1v) is 23.4. The standard InChI is InChI=1S/C47H88O11/c1-3-5-7-9-11-12-13-14-15-17-19-25-48-26-27-49-28-29-50-30-31-51-32-33-52-34-35-53-36-37-54-38-39-55-40-41-56-42-43-57-44-45-58-47-23-21-46(22-24-47)20-18-16-10-8-6-4-2/h21-24H,3-20,25-45H2,1-2H3. The Bertz CT molecular complexity index is 892. The molecule has 0 heterocycles. The third-order valence-corrected chi connectivity index (χ3v) is 9.48. The zero-order valence-corrected chi connectivity index (χ0v) is 37.4. The van der Waals surface area contributed by atoms with Crippen LogP contribution in [0.5, 0.6) is 5.75 Å². The monoisotopic (exact) mass is 829 g/mol. The number of hydrogen-bond donors (Lipinski definition) is 0. The van der Waals surface area contributed by atoms with Gasteiger partial charge in [-0.25, -0.2) is 0 Å². The van der Waals surface area contributed by atoms with Gasteiger partial charge in [0.15, 0.2) is 0 Å². The van der Waals surface area contributed by atoms with Gasteiger partial charge in [-0.2, -0.15) is 0 Å². The molecule has 0 amide bonds. The Labute approximate surface area is 355 Å². The van der Waals surface area contributed by atoms with Crippen molar-refractivity contribution in [3.05, 3.63) is 29.8 Å². The molecule has 342 valence electrons. The highest BCUT2D eigenvalue weighted by Crippen LogP contribution is 2.15. The number of hydrogen-bond acceptors (Lipinski definition) is 11. The lowest BCUT2D eigenvalue weighted by molar-refractivity contribution is -0.0267. The van der Waals surface area contributed by atoms with Crippen LogP contribution < -0.4 is 4.74 Å². The van der Waals surface area contributed by atoms with Crippen molar-refractivity contribution in [2.75, 3.05) is 139 Å². The molecular formula is C47H88O11. The van der Waals surface area contributed by atoms with E-state index in [9.17, 15) is 0 Å². The highest BCUT2D eigenvalue weighted by molar-refractivity contribution is 5.27. The van der Waals surface area contributed by atoms with Crippen molar-refractivity contribution in [1.82, 2.24) is 0 Å². The summed E-state index contributed by atoms with van der Waals surface area (Å²) in [4.78, 5) is 0. The minimum Gasteiger partial charge on any atom is -0.491 e. The Balaban J connectivity index is 1.65. The first-order chi connectivity index (χ1) is 28.9. The van der Waals surface area contributed by atoms with Crippen LogP contribution >= 0.6 is 0 Å². The summed E-state index contributed by atoms with van der Waals surface area (Å²) in [5.41, 5.74) is 1.38. The second-order valence-corrected chi connectivity index (χ2v) is 14.7. The molecule has 11 heteroatoms. The van der Waals surface area contributed by atoms with Crippen LogP contribution in [-0.4, -0.2) is 139 Å². The van der Waals surface area contributed by atoms with Crippen LogP contribution in [0.1, 0.15) is 129 Å². The molecule has 0 saturated heterocycles. The maximum absolute atomic E-state index is 5.79. The van der Waals surface area contributed by atoms with Gasteiger partial charge in [0.05, 0.1) is 126 Å². The Morgan fingerprint density at radius 2 is 0.517 bits per heavy atom. The normalized spacial score (nSPS) is 11.6. The van der Waals surface area contributed by atoms with Crippen LogP contribution in [0, 0.1) is 0 Å². The number of benzene rings is 1. The Kier molecular flexibility index (Phi) is 45.5. The third-order valence-electron chi connectivity index (χ3n) is 9.48. The molecule has 0 aliphatic heterocycles. The maximum Gasteiger partial charge on any atom is 0.119 e.